The van der Waals surface area contributed by atoms with Gasteiger partial charge >= 0.3 is 7.12 Å². The van der Waals surface area contributed by atoms with Gasteiger partial charge in [0.05, 0.1) is 0 Å². The van der Waals surface area contributed by atoms with Crippen LogP contribution in [0, 0.1) is 0 Å². The van der Waals surface area contributed by atoms with Crippen molar-refractivity contribution in [2.45, 2.75) is 12.6 Å². The Balaban J connectivity index is 2.60. The summed E-state index contributed by atoms with van der Waals surface area (Å²) in [6.07, 6.45) is -0.284. The van der Waals surface area contributed by atoms with Gasteiger partial charge < -0.3 is 14.8 Å². The largest absolute Gasteiger partial charge is 0.488 e. The Bertz CT molecular complexity index is 314. The molecule has 4 N–H and O–H groups in total. The summed E-state index contributed by atoms with van der Waals surface area (Å²) in [5.74, 6) is 0. The summed E-state index contributed by atoms with van der Waals surface area (Å²) in [4.78, 5) is 9.98. The highest BCUT2D eigenvalue weighted by Crippen LogP contribution is 2.01. The van der Waals surface area contributed by atoms with Crippen LogP contribution in [-0.4, -0.2) is 29.9 Å². The van der Waals surface area contributed by atoms with E-state index in [1.807, 2.05) is 0 Å². The zero-order valence-corrected chi connectivity index (χ0v) is 8.04. The molecule has 0 fully saturated rings. The number of hydrogen-bond acceptors (Lipinski definition) is 5. The zero-order valence-electron chi connectivity index (χ0n) is 8.04. The lowest BCUT2D eigenvalue weighted by atomic mass is 9.80. The average molecular weight is 209 g/mol. The van der Waals surface area contributed by atoms with Crippen LogP contribution in [0.3, 0.4) is 0 Å². The second-order valence-corrected chi connectivity index (χ2v) is 3.09. The molecule has 0 aliphatic rings. The second kappa shape index (κ2) is 5.50. The quantitative estimate of drug-likeness (QED) is 0.307. The fourth-order valence-electron chi connectivity index (χ4n) is 1.18. The molecule has 1 aromatic carbocycles. The maximum atomic E-state index is 9.98. The molecule has 0 unspecified atom stereocenters. The predicted octanol–water partition coefficient (Wildman–Crippen LogP) is -1.63. The first-order valence-electron chi connectivity index (χ1n) is 4.43. The number of rotatable bonds is 5. The Morgan fingerprint density at radius 1 is 1.40 bits per heavy atom. The van der Waals surface area contributed by atoms with Gasteiger partial charge in [-0.15, -0.1) is 0 Å². The van der Waals surface area contributed by atoms with Crippen LogP contribution in [0.15, 0.2) is 24.3 Å². The summed E-state index contributed by atoms with van der Waals surface area (Å²) in [6, 6.07) is 6.55. The maximum absolute atomic E-state index is 9.98. The van der Waals surface area contributed by atoms with E-state index in [-0.39, 0.29) is 0 Å². The van der Waals surface area contributed by atoms with Gasteiger partial charge in [0.15, 0.2) is 6.23 Å². The fraction of sp³-hybridized carbons (Fsp3) is 0.222. The lowest BCUT2D eigenvalue weighted by Crippen LogP contribution is -2.30. The minimum Gasteiger partial charge on any atom is -0.449 e. The van der Waals surface area contributed by atoms with E-state index < -0.39 is 13.3 Å². The van der Waals surface area contributed by atoms with Crippen molar-refractivity contribution in [2.24, 2.45) is 5.73 Å². The van der Waals surface area contributed by atoms with Crippen molar-refractivity contribution in [3.8, 4) is 0 Å². The second-order valence-electron chi connectivity index (χ2n) is 3.09. The molecule has 15 heavy (non-hydrogen) atoms. The van der Waals surface area contributed by atoms with Crippen LogP contribution in [0.1, 0.15) is 5.56 Å². The minimum absolute atomic E-state index is 0.302. The van der Waals surface area contributed by atoms with E-state index in [9.17, 15) is 4.79 Å². The summed E-state index contributed by atoms with van der Waals surface area (Å²) < 4.78 is 4.52. The zero-order chi connectivity index (χ0) is 11.3. The van der Waals surface area contributed by atoms with Crippen LogP contribution in [0.2, 0.25) is 0 Å². The first kappa shape index (κ1) is 11.7. The van der Waals surface area contributed by atoms with Crippen molar-refractivity contribution in [1.82, 2.24) is 0 Å². The molecule has 0 aromatic heterocycles. The molecule has 6 heteroatoms. The van der Waals surface area contributed by atoms with E-state index in [2.05, 4.69) is 4.74 Å². The van der Waals surface area contributed by atoms with Gasteiger partial charge in [-0.1, -0.05) is 24.3 Å². The Hall–Kier alpha value is -1.37. The highest BCUT2D eigenvalue weighted by molar-refractivity contribution is 6.58. The van der Waals surface area contributed by atoms with Gasteiger partial charge in [0.2, 0.25) is 0 Å². The number of nitrogens with two attached hydrogens (primary N) is 1. The molecule has 1 atom stereocenters. The Morgan fingerprint density at radius 3 is 2.47 bits per heavy atom. The van der Waals surface area contributed by atoms with Crippen LogP contribution in [0.5, 0.6) is 0 Å². The molecular formula is C9H12BNO4. The molecule has 0 saturated heterocycles. The molecule has 0 amide bonds. The molecule has 1 rings (SSSR count). The third-order valence-corrected chi connectivity index (χ3v) is 1.95. The van der Waals surface area contributed by atoms with E-state index in [1.165, 1.54) is 0 Å². The van der Waals surface area contributed by atoms with E-state index in [0.717, 1.165) is 5.56 Å². The van der Waals surface area contributed by atoms with Crippen LogP contribution < -0.4 is 11.2 Å². The number of ether oxygens (including phenoxy) is 1. The third-order valence-electron chi connectivity index (χ3n) is 1.95. The molecule has 0 aliphatic heterocycles. The van der Waals surface area contributed by atoms with Crippen molar-refractivity contribution in [2.75, 3.05) is 0 Å². The van der Waals surface area contributed by atoms with Gasteiger partial charge in [-0.2, -0.15) is 0 Å². The Morgan fingerprint density at radius 2 is 2.00 bits per heavy atom. The summed E-state index contributed by atoms with van der Waals surface area (Å²) in [5.41, 5.74) is 6.72. The van der Waals surface area contributed by atoms with E-state index in [4.69, 9.17) is 15.8 Å². The number of carbonyl (C=O) groups is 1. The SMILES string of the molecule is N[C@@H](Cc1ccc(B(O)O)cc1)OC=O. The van der Waals surface area contributed by atoms with E-state index >= 15 is 0 Å². The predicted molar refractivity (Wildman–Crippen MR) is 55.1 cm³/mol. The molecule has 0 saturated carbocycles. The molecule has 0 aliphatic carbocycles. The van der Waals surface area contributed by atoms with Gasteiger partial charge in [0.1, 0.15) is 0 Å². The summed E-state index contributed by atoms with van der Waals surface area (Å²) in [7, 11) is -1.47. The Labute approximate surface area is 87.6 Å². The summed E-state index contributed by atoms with van der Waals surface area (Å²) in [5, 5.41) is 17.7. The molecule has 0 bridgehead atoms. The fourth-order valence-corrected chi connectivity index (χ4v) is 1.18. The molecule has 1 aromatic rings. The van der Waals surface area contributed by atoms with Crippen molar-refractivity contribution < 1.29 is 19.6 Å². The van der Waals surface area contributed by atoms with Crippen LogP contribution in [0.25, 0.3) is 0 Å². The van der Waals surface area contributed by atoms with Crippen molar-refractivity contribution in [3.63, 3.8) is 0 Å². The lowest BCUT2D eigenvalue weighted by molar-refractivity contribution is -0.133. The van der Waals surface area contributed by atoms with Crippen molar-refractivity contribution in [3.05, 3.63) is 29.8 Å². The van der Waals surface area contributed by atoms with Gasteiger partial charge in [0, 0.05) is 6.42 Å². The van der Waals surface area contributed by atoms with Gasteiger partial charge in [0.25, 0.3) is 6.47 Å². The van der Waals surface area contributed by atoms with E-state index in [1.54, 1.807) is 24.3 Å². The topological polar surface area (TPSA) is 92.8 Å². The number of carbonyl (C=O) groups excluding carboxylic acids is 1. The van der Waals surface area contributed by atoms with Gasteiger partial charge in [-0.05, 0) is 11.0 Å². The summed E-state index contributed by atoms with van der Waals surface area (Å²) in [6.45, 7) is 0.302. The smallest absolute Gasteiger partial charge is 0.449 e. The normalized spacial score (nSPS) is 11.9. The first-order valence-corrected chi connectivity index (χ1v) is 4.43. The third kappa shape index (κ3) is 3.71. The standard InChI is InChI=1S/C9H12BNO4/c11-9(15-6-12)5-7-1-3-8(4-2-7)10(13)14/h1-4,6,9,13-14H,5,11H2/t9-/m1/s1. The van der Waals surface area contributed by atoms with Crippen LogP contribution in [0.4, 0.5) is 0 Å². The van der Waals surface area contributed by atoms with Crippen LogP contribution in [-0.2, 0) is 16.0 Å². The summed E-state index contributed by atoms with van der Waals surface area (Å²) >= 11 is 0. The molecular weight excluding hydrogens is 197 g/mol. The highest BCUT2D eigenvalue weighted by atomic mass is 16.5. The molecule has 80 valence electrons. The monoisotopic (exact) mass is 209 g/mol. The minimum atomic E-state index is -1.47. The van der Waals surface area contributed by atoms with Gasteiger partial charge in [-0.25, -0.2) is 0 Å². The van der Waals surface area contributed by atoms with Crippen molar-refractivity contribution in [1.29, 1.82) is 0 Å². The molecule has 0 heterocycles. The number of benzene rings is 1. The number of hydrogen-bond donors (Lipinski definition) is 3. The van der Waals surface area contributed by atoms with Crippen molar-refractivity contribution >= 4 is 19.1 Å². The maximum Gasteiger partial charge on any atom is 0.488 e. The van der Waals surface area contributed by atoms with E-state index in [0.29, 0.717) is 18.4 Å². The molecule has 5 nitrogen and oxygen atoms in total. The lowest BCUT2D eigenvalue weighted by Gasteiger charge is -2.09. The molecule has 0 radical (unpaired) electrons. The van der Waals surface area contributed by atoms with Crippen LogP contribution >= 0.6 is 0 Å². The molecule has 0 spiro atoms. The first-order chi connectivity index (χ1) is 7.13. The highest BCUT2D eigenvalue weighted by Gasteiger charge is 2.10. The average Bonchev–Trinajstić information content (AvgIpc) is 2.18. The Kier molecular flexibility index (Phi) is 4.29. The van der Waals surface area contributed by atoms with Gasteiger partial charge in [-0.3, -0.25) is 10.5 Å².